The van der Waals surface area contributed by atoms with Crippen LogP contribution in [-0.4, -0.2) is 11.1 Å². The number of benzene rings is 2. The zero-order valence-corrected chi connectivity index (χ0v) is 10.5. The van der Waals surface area contributed by atoms with Crippen molar-refractivity contribution >= 4 is 29.2 Å². The minimum Gasteiger partial charge on any atom is -0.279 e. The van der Waals surface area contributed by atoms with Crippen LogP contribution in [0, 0.1) is 10.1 Å². The molecule has 0 aliphatic heterocycles. The molecule has 0 heterocycles. The minimum atomic E-state index is -0.474. The number of non-ortho nitro benzene ring substituents is 1. The highest BCUT2D eigenvalue weighted by Crippen LogP contribution is 2.20. The lowest BCUT2D eigenvalue weighted by molar-refractivity contribution is -0.384. The number of hydrogen-bond acceptors (Lipinski definition) is 4. The third-order valence-corrected chi connectivity index (χ3v) is 2.71. The summed E-state index contributed by atoms with van der Waals surface area (Å²) < 4.78 is 0. The molecule has 2 aromatic rings. The van der Waals surface area contributed by atoms with Gasteiger partial charge >= 0.3 is 0 Å². The van der Waals surface area contributed by atoms with Gasteiger partial charge in [-0.05, 0) is 18.2 Å². The molecule has 0 aliphatic rings. The number of anilines is 1. The number of nitrogens with zero attached hydrogens (tertiary/aromatic N) is 2. The van der Waals surface area contributed by atoms with Crippen molar-refractivity contribution in [2.45, 2.75) is 0 Å². The number of nitro benzene ring substituents is 1. The lowest BCUT2D eigenvalue weighted by Gasteiger charge is -2.00. The van der Waals surface area contributed by atoms with Gasteiger partial charge in [0.05, 0.1) is 16.8 Å². The zero-order chi connectivity index (χ0) is 13.7. The summed E-state index contributed by atoms with van der Waals surface area (Å²) >= 11 is 5.94. The van der Waals surface area contributed by atoms with Gasteiger partial charge in [-0.15, -0.1) is 0 Å². The van der Waals surface area contributed by atoms with Crippen molar-refractivity contribution in [3.63, 3.8) is 0 Å². The van der Waals surface area contributed by atoms with E-state index in [1.807, 2.05) is 30.3 Å². The van der Waals surface area contributed by atoms with Crippen LogP contribution in [0.25, 0.3) is 0 Å². The Bertz CT molecular complexity index is 615. The van der Waals surface area contributed by atoms with E-state index in [1.165, 1.54) is 24.4 Å². The number of hydrazone groups is 1. The predicted molar refractivity (Wildman–Crippen MR) is 75.8 cm³/mol. The van der Waals surface area contributed by atoms with Crippen molar-refractivity contribution in [2.75, 3.05) is 5.43 Å². The number of para-hydroxylation sites is 1. The molecule has 2 aromatic carbocycles. The molecule has 0 bridgehead atoms. The number of nitrogens with one attached hydrogen (secondary N) is 1. The Kier molecular flexibility index (Phi) is 4.10. The van der Waals surface area contributed by atoms with Gasteiger partial charge in [0.15, 0.2) is 0 Å². The minimum absolute atomic E-state index is 0.0226. The maximum atomic E-state index is 10.7. The summed E-state index contributed by atoms with van der Waals surface area (Å²) in [6, 6.07) is 13.5. The van der Waals surface area contributed by atoms with Crippen molar-refractivity contribution < 1.29 is 4.92 Å². The fraction of sp³-hybridized carbons (Fsp3) is 0. The van der Waals surface area contributed by atoms with Crippen LogP contribution in [-0.2, 0) is 0 Å². The number of rotatable bonds is 4. The SMILES string of the molecule is O=[N+]([O-])c1ccc(Cl)c(/C=N\Nc2ccccc2)c1. The van der Waals surface area contributed by atoms with Gasteiger partial charge < -0.3 is 0 Å². The fourth-order valence-corrected chi connectivity index (χ4v) is 1.60. The Morgan fingerprint density at radius 3 is 2.63 bits per heavy atom. The Balaban J connectivity index is 2.14. The molecule has 0 aliphatic carbocycles. The van der Waals surface area contributed by atoms with E-state index < -0.39 is 4.92 Å². The number of nitro groups is 1. The molecule has 19 heavy (non-hydrogen) atoms. The van der Waals surface area contributed by atoms with Gasteiger partial charge in [-0.2, -0.15) is 5.10 Å². The Hall–Kier alpha value is -2.40. The topological polar surface area (TPSA) is 67.5 Å². The Morgan fingerprint density at radius 1 is 1.21 bits per heavy atom. The number of halogens is 1. The van der Waals surface area contributed by atoms with Crippen LogP contribution in [0.15, 0.2) is 53.6 Å². The monoisotopic (exact) mass is 275 g/mol. The number of hydrogen-bond donors (Lipinski definition) is 1. The predicted octanol–water partition coefficient (Wildman–Crippen LogP) is 3.69. The summed E-state index contributed by atoms with van der Waals surface area (Å²) in [4.78, 5) is 10.2. The first kappa shape index (κ1) is 13.0. The summed E-state index contributed by atoms with van der Waals surface area (Å²) in [6.07, 6.45) is 1.45. The van der Waals surface area contributed by atoms with Crippen LogP contribution < -0.4 is 5.43 Å². The Labute approximate surface area is 114 Å². The molecular weight excluding hydrogens is 266 g/mol. The summed E-state index contributed by atoms with van der Waals surface area (Å²) in [5.74, 6) is 0. The van der Waals surface area contributed by atoms with Crippen LogP contribution in [0.2, 0.25) is 5.02 Å². The Morgan fingerprint density at radius 2 is 1.95 bits per heavy atom. The second-order valence-electron chi connectivity index (χ2n) is 3.70. The first-order valence-corrected chi connectivity index (χ1v) is 5.82. The second-order valence-corrected chi connectivity index (χ2v) is 4.11. The maximum Gasteiger partial charge on any atom is 0.270 e. The molecule has 0 saturated carbocycles. The van der Waals surface area contributed by atoms with Crippen LogP contribution >= 0.6 is 11.6 Å². The normalized spacial score (nSPS) is 10.6. The second kappa shape index (κ2) is 5.97. The van der Waals surface area contributed by atoms with E-state index in [0.717, 1.165) is 5.69 Å². The summed E-state index contributed by atoms with van der Waals surface area (Å²) in [5.41, 5.74) is 4.09. The summed E-state index contributed by atoms with van der Waals surface area (Å²) in [5, 5.41) is 15.1. The van der Waals surface area contributed by atoms with Crippen LogP contribution in [0.3, 0.4) is 0 Å². The maximum absolute atomic E-state index is 10.7. The van der Waals surface area contributed by atoms with Gasteiger partial charge in [-0.25, -0.2) is 0 Å². The van der Waals surface area contributed by atoms with Gasteiger partial charge in [-0.3, -0.25) is 15.5 Å². The molecular formula is C13H10ClN3O2. The zero-order valence-electron chi connectivity index (χ0n) is 9.79. The molecule has 6 heteroatoms. The van der Waals surface area contributed by atoms with Gasteiger partial charge in [0.25, 0.3) is 5.69 Å². The van der Waals surface area contributed by atoms with E-state index >= 15 is 0 Å². The van der Waals surface area contributed by atoms with E-state index in [1.54, 1.807) is 0 Å². The third-order valence-electron chi connectivity index (χ3n) is 2.36. The fourth-order valence-electron chi connectivity index (χ4n) is 1.43. The molecule has 5 nitrogen and oxygen atoms in total. The van der Waals surface area contributed by atoms with Gasteiger partial charge in [0, 0.05) is 22.7 Å². The van der Waals surface area contributed by atoms with Crippen LogP contribution in [0.4, 0.5) is 11.4 Å². The van der Waals surface area contributed by atoms with Gasteiger partial charge in [0.1, 0.15) is 0 Å². The quantitative estimate of drug-likeness (QED) is 0.525. The van der Waals surface area contributed by atoms with Crippen LogP contribution in [0.5, 0.6) is 0 Å². The molecule has 0 unspecified atom stereocenters. The highest BCUT2D eigenvalue weighted by atomic mass is 35.5. The van der Waals surface area contributed by atoms with Crippen LogP contribution in [0.1, 0.15) is 5.56 Å². The van der Waals surface area contributed by atoms with Crippen molar-refractivity contribution in [3.05, 3.63) is 69.2 Å². The molecule has 96 valence electrons. The molecule has 2 rings (SSSR count). The van der Waals surface area contributed by atoms with E-state index in [9.17, 15) is 10.1 Å². The summed E-state index contributed by atoms with van der Waals surface area (Å²) in [6.45, 7) is 0. The van der Waals surface area contributed by atoms with Crippen molar-refractivity contribution in [3.8, 4) is 0 Å². The first-order valence-electron chi connectivity index (χ1n) is 5.45. The molecule has 1 N–H and O–H groups in total. The van der Waals surface area contributed by atoms with E-state index in [-0.39, 0.29) is 5.69 Å². The average Bonchev–Trinajstić information content (AvgIpc) is 2.42. The van der Waals surface area contributed by atoms with E-state index in [2.05, 4.69) is 10.5 Å². The highest BCUT2D eigenvalue weighted by molar-refractivity contribution is 6.33. The summed E-state index contributed by atoms with van der Waals surface area (Å²) in [7, 11) is 0. The van der Waals surface area contributed by atoms with Crippen molar-refractivity contribution in [2.24, 2.45) is 5.10 Å². The lowest BCUT2D eigenvalue weighted by atomic mass is 10.2. The third kappa shape index (κ3) is 3.53. The molecule has 0 amide bonds. The van der Waals surface area contributed by atoms with Crippen molar-refractivity contribution in [1.29, 1.82) is 0 Å². The molecule has 0 spiro atoms. The first-order chi connectivity index (χ1) is 9.16. The smallest absolute Gasteiger partial charge is 0.270 e. The van der Waals surface area contributed by atoms with Gasteiger partial charge in [0.2, 0.25) is 0 Å². The standard InChI is InChI=1S/C13H10ClN3O2/c14-13-7-6-12(17(18)19)8-10(13)9-15-16-11-4-2-1-3-5-11/h1-9,16H/b15-9-. The largest absolute Gasteiger partial charge is 0.279 e. The molecule has 0 fully saturated rings. The highest BCUT2D eigenvalue weighted by Gasteiger charge is 2.07. The molecule has 0 atom stereocenters. The van der Waals surface area contributed by atoms with Crippen molar-refractivity contribution in [1.82, 2.24) is 0 Å². The van der Waals surface area contributed by atoms with E-state index in [4.69, 9.17) is 11.6 Å². The molecule has 0 saturated heterocycles. The molecule has 0 aromatic heterocycles. The lowest BCUT2D eigenvalue weighted by Crippen LogP contribution is -1.93. The van der Waals surface area contributed by atoms with E-state index in [0.29, 0.717) is 10.6 Å². The van der Waals surface area contributed by atoms with Gasteiger partial charge in [-0.1, -0.05) is 29.8 Å². The molecule has 0 radical (unpaired) electrons. The average molecular weight is 276 g/mol.